The van der Waals surface area contributed by atoms with Crippen LogP contribution in [0.5, 0.6) is 0 Å². The number of hydrogen-bond acceptors (Lipinski definition) is 2. The third kappa shape index (κ3) is 3.84. The van der Waals surface area contributed by atoms with Gasteiger partial charge in [-0.3, -0.25) is 0 Å². The molecule has 0 N–H and O–H groups in total. The van der Waals surface area contributed by atoms with E-state index < -0.39 is 15.7 Å². The lowest BCUT2D eigenvalue weighted by Crippen LogP contribution is -2.20. The Hall–Kier alpha value is -0.830. The third-order valence-corrected chi connectivity index (χ3v) is 4.94. The third-order valence-electron chi connectivity index (χ3n) is 3.11. The second-order valence-corrected chi connectivity index (χ2v) is 6.81. The standard InChI is InChI=1S/C14H22O2S/c1-5-13(11(2)3)10-17(15,16)14-8-6-12(4)7-9-14/h6-9,11,13H,5,10H2,1-4H3/t13-/m1/s1/i11D. The normalized spacial score (nSPS) is 15.4. The van der Waals surface area contributed by atoms with Crippen LogP contribution in [0.4, 0.5) is 0 Å². The van der Waals surface area contributed by atoms with Gasteiger partial charge >= 0.3 is 0 Å². The molecule has 0 aliphatic rings. The summed E-state index contributed by atoms with van der Waals surface area (Å²) < 4.78 is 32.6. The Morgan fingerprint density at radius 3 is 2.18 bits per heavy atom. The summed E-state index contributed by atoms with van der Waals surface area (Å²) >= 11 is 0. The largest absolute Gasteiger partial charge is 0.224 e. The molecule has 0 aromatic heterocycles. The van der Waals surface area contributed by atoms with E-state index >= 15 is 0 Å². The minimum absolute atomic E-state index is 0.0447. The molecule has 0 fully saturated rings. The van der Waals surface area contributed by atoms with Crippen molar-refractivity contribution in [3.8, 4) is 0 Å². The first kappa shape index (κ1) is 12.6. The minimum atomic E-state index is -3.29. The van der Waals surface area contributed by atoms with Gasteiger partial charge in [-0.15, -0.1) is 0 Å². The fourth-order valence-corrected chi connectivity index (χ4v) is 3.64. The Morgan fingerprint density at radius 1 is 1.24 bits per heavy atom. The van der Waals surface area contributed by atoms with E-state index in [0.29, 0.717) is 11.3 Å². The summed E-state index contributed by atoms with van der Waals surface area (Å²) in [5, 5.41) is 0. The highest BCUT2D eigenvalue weighted by atomic mass is 32.2. The summed E-state index contributed by atoms with van der Waals surface area (Å²) in [4.78, 5) is 0.357. The Bertz CT molecular complexity index is 484. The van der Waals surface area contributed by atoms with E-state index in [-0.39, 0.29) is 11.7 Å². The topological polar surface area (TPSA) is 34.1 Å². The Morgan fingerprint density at radius 2 is 1.76 bits per heavy atom. The summed E-state index contributed by atoms with van der Waals surface area (Å²) in [7, 11) is -3.29. The predicted octanol–water partition coefficient (Wildman–Crippen LogP) is 3.45. The number of rotatable bonds is 5. The van der Waals surface area contributed by atoms with Crippen LogP contribution in [0.3, 0.4) is 0 Å². The zero-order valence-electron chi connectivity index (χ0n) is 12.0. The smallest absolute Gasteiger partial charge is 0.178 e. The predicted molar refractivity (Wildman–Crippen MR) is 71.9 cm³/mol. The molecular weight excluding hydrogens is 232 g/mol. The van der Waals surface area contributed by atoms with Gasteiger partial charge in [0.2, 0.25) is 0 Å². The number of sulfone groups is 1. The maximum absolute atomic E-state index is 12.3. The molecule has 1 aromatic rings. The van der Waals surface area contributed by atoms with E-state index in [1.807, 2.05) is 13.8 Å². The lowest BCUT2D eigenvalue weighted by atomic mass is 9.96. The van der Waals surface area contributed by atoms with Gasteiger partial charge in [0.25, 0.3) is 0 Å². The molecule has 1 atom stereocenters. The van der Waals surface area contributed by atoms with Gasteiger partial charge in [-0.05, 0) is 30.9 Å². The van der Waals surface area contributed by atoms with Gasteiger partial charge in [0.1, 0.15) is 0 Å². The van der Waals surface area contributed by atoms with Gasteiger partial charge in [-0.25, -0.2) is 8.42 Å². The van der Waals surface area contributed by atoms with Gasteiger partial charge in [0, 0.05) is 1.37 Å². The fraction of sp³-hybridized carbons (Fsp3) is 0.571. The second kappa shape index (κ2) is 5.67. The molecule has 0 heterocycles. The van der Waals surface area contributed by atoms with Crippen LogP contribution in [-0.2, 0) is 9.84 Å². The second-order valence-electron chi connectivity index (χ2n) is 4.78. The van der Waals surface area contributed by atoms with Crippen LogP contribution in [-0.4, -0.2) is 14.2 Å². The van der Waals surface area contributed by atoms with Gasteiger partial charge in [-0.1, -0.05) is 44.9 Å². The Balaban J connectivity index is 2.98. The van der Waals surface area contributed by atoms with Crippen molar-refractivity contribution in [3.05, 3.63) is 29.8 Å². The van der Waals surface area contributed by atoms with Gasteiger partial charge in [0.15, 0.2) is 9.84 Å². The zero-order chi connectivity index (χ0) is 14.0. The SMILES string of the molecule is [2H]C(C)(C)[C@H](CC)CS(=O)(=O)c1ccc(C)cc1. The van der Waals surface area contributed by atoms with E-state index in [1.54, 1.807) is 38.1 Å². The van der Waals surface area contributed by atoms with Crippen molar-refractivity contribution in [2.45, 2.75) is 39.0 Å². The highest BCUT2D eigenvalue weighted by Gasteiger charge is 2.22. The van der Waals surface area contributed by atoms with Crippen LogP contribution in [0, 0.1) is 18.7 Å². The summed E-state index contributed by atoms with van der Waals surface area (Å²) in [5.41, 5.74) is 1.04. The summed E-state index contributed by atoms with van der Waals surface area (Å²) in [6.45, 7) is 7.40. The molecule has 0 aliphatic carbocycles. The molecular formula is C14H22O2S. The molecule has 0 aliphatic heterocycles. The van der Waals surface area contributed by atoms with Crippen molar-refractivity contribution >= 4 is 9.84 Å². The minimum Gasteiger partial charge on any atom is -0.224 e. The van der Waals surface area contributed by atoms with Crippen LogP contribution in [0.1, 0.15) is 34.1 Å². The van der Waals surface area contributed by atoms with E-state index in [0.717, 1.165) is 5.56 Å². The Kier molecular flexibility index (Phi) is 4.21. The molecule has 1 aromatic carbocycles. The van der Waals surface area contributed by atoms with Crippen LogP contribution in [0.2, 0.25) is 0 Å². The fourth-order valence-electron chi connectivity index (χ4n) is 1.80. The summed E-state index contributed by atoms with van der Waals surface area (Å²) in [6.07, 6.45) is 0.696. The molecule has 1 rings (SSSR count). The lowest BCUT2D eigenvalue weighted by Gasteiger charge is -2.18. The molecule has 0 radical (unpaired) electrons. The molecule has 0 amide bonds. The quantitative estimate of drug-likeness (QED) is 0.807. The van der Waals surface area contributed by atoms with Crippen molar-refractivity contribution in [2.75, 3.05) is 5.75 Å². The first-order chi connectivity index (χ1) is 8.16. The van der Waals surface area contributed by atoms with Crippen LogP contribution < -0.4 is 0 Å². The highest BCUT2D eigenvalue weighted by molar-refractivity contribution is 7.91. The number of benzene rings is 1. The van der Waals surface area contributed by atoms with Crippen LogP contribution >= 0.6 is 0 Å². The monoisotopic (exact) mass is 255 g/mol. The highest BCUT2D eigenvalue weighted by Crippen LogP contribution is 2.21. The molecule has 96 valence electrons. The molecule has 2 nitrogen and oxygen atoms in total. The van der Waals surface area contributed by atoms with Gasteiger partial charge in [0.05, 0.1) is 10.6 Å². The molecule has 0 unspecified atom stereocenters. The van der Waals surface area contributed by atoms with Crippen molar-refractivity contribution in [2.24, 2.45) is 11.8 Å². The summed E-state index contributed by atoms with van der Waals surface area (Å²) in [6, 6.07) is 6.90. The molecule has 17 heavy (non-hydrogen) atoms. The molecule has 3 heteroatoms. The number of aryl methyl sites for hydroxylation is 1. The van der Waals surface area contributed by atoms with Crippen molar-refractivity contribution < 1.29 is 9.79 Å². The first-order valence-electron chi connectivity index (χ1n) is 6.46. The van der Waals surface area contributed by atoms with Crippen molar-refractivity contribution in [3.63, 3.8) is 0 Å². The van der Waals surface area contributed by atoms with E-state index in [1.165, 1.54) is 0 Å². The molecule has 0 bridgehead atoms. The van der Waals surface area contributed by atoms with E-state index in [4.69, 9.17) is 1.37 Å². The Labute approximate surface area is 106 Å². The van der Waals surface area contributed by atoms with Crippen molar-refractivity contribution in [1.29, 1.82) is 0 Å². The first-order valence-corrected chi connectivity index (χ1v) is 7.61. The maximum atomic E-state index is 12.3. The zero-order valence-corrected chi connectivity index (χ0v) is 11.8. The molecule has 0 spiro atoms. The van der Waals surface area contributed by atoms with Crippen LogP contribution in [0.25, 0.3) is 0 Å². The van der Waals surface area contributed by atoms with E-state index in [9.17, 15) is 8.42 Å². The summed E-state index contributed by atoms with van der Waals surface area (Å²) in [5.74, 6) is -0.834. The number of hydrogen-bond donors (Lipinski definition) is 0. The maximum Gasteiger partial charge on any atom is 0.178 e. The van der Waals surface area contributed by atoms with Gasteiger partial charge in [-0.2, -0.15) is 0 Å². The lowest BCUT2D eigenvalue weighted by molar-refractivity contribution is 0.406. The molecule has 0 saturated heterocycles. The van der Waals surface area contributed by atoms with E-state index in [2.05, 4.69) is 0 Å². The molecule has 0 saturated carbocycles. The van der Waals surface area contributed by atoms with Crippen LogP contribution in [0.15, 0.2) is 29.2 Å². The average Bonchev–Trinajstić information content (AvgIpc) is 2.25. The average molecular weight is 255 g/mol. The van der Waals surface area contributed by atoms with Crippen molar-refractivity contribution in [1.82, 2.24) is 0 Å². The van der Waals surface area contributed by atoms with Gasteiger partial charge < -0.3 is 0 Å².